The average Bonchev–Trinajstić information content (AvgIpc) is 2.94. The fraction of sp³-hybridized carbons (Fsp3) is 0.375. The second kappa shape index (κ2) is 11.5. The Kier molecular flexibility index (Phi) is 8.02. The summed E-state index contributed by atoms with van der Waals surface area (Å²) in [6.45, 7) is 14.3. The van der Waals surface area contributed by atoms with E-state index in [2.05, 4.69) is 61.3 Å². The number of allylic oxidation sites excluding steroid dienone is 5. The predicted octanol–water partition coefficient (Wildman–Crippen LogP) is 5.16. The van der Waals surface area contributed by atoms with E-state index < -0.39 is 14.0 Å². The number of fused-ring (bicyclic) bond motifs is 2. The Labute approximate surface area is 232 Å². The first-order valence-corrected chi connectivity index (χ1v) is 16.9. The van der Waals surface area contributed by atoms with Crippen LogP contribution in [0.3, 0.4) is 0 Å². The number of hydrogen-bond acceptors (Lipinski definition) is 5. The molecule has 2 aromatic carbocycles. The molecule has 39 heavy (non-hydrogen) atoms. The molecule has 0 bridgehead atoms. The number of rotatable bonds is 8. The number of morpholine rings is 1. The molecule has 2 heterocycles. The summed E-state index contributed by atoms with van der Waals surface area (Å²) in [6.07, 6.45) is 7.62. The van der Waals surface area contributed by atoms with Crippen LogP contribution in [-0.2, 0) is 9.47 Å². The van der Waals surface area contributed by atoms with Gasteiger partial charge in [0.2, 0.25) is 0 Å². The number of carboxylic acids is 1. The minimum absolute atomic E-state index is 0.310. The van der Waals surface area contributed by atoms with Gasteiger partial charge in [-0.15, -0.1) is 0 Å². The molecule has 1 N–H and O–H groups in total. The molecular weight excluding hydrogens is 504 g/mol. The standard InChI is InChI=1S/C32H38N2O4Si/c1-5-15-37-16-12-33-24-7-10-27-29(20-24)39(3,4)30-21-25(34-13-17-38-18-14-34)8-11-28(30)31(27)26-9-6-23(32(35)36)19-22(26)2/h6-11,19-21H,5,12-18H2,1-4H3,(H,35,36)/b33-24+. The lowest BCUT2D eigenvalue weighted by molar-refractivity contribution is 0.0696. The molecule has 7 heteroatoms. The molecule has 0 unspecified atom stereocenters. The molecule has 5 rings (SSSR count). The Morgan fingerprint density at radius 2 is 1.85 bits per heavy atom. The van der Waals surface area contributed by atoms with Gasteiger partial charge in [0.1, 0.15) is 8.07 Å². The molecule has 1 aliphatic carbocycles. The van der Waals surface area contributed by atoms with Crippen LogP contribution in [0.15, 0.2) is 70.4 Å². The number of aliphatic imine (C=N–C) groups is 1. The number of nitrogens with zero attached hydrogens (tertiary/aromatic N) is 2. The van der Waals surface area contributed by atoms with Gasteiger partial charge in [-0.25, -0.2) is 4.79 Å². The van der Waals surface area contributed by atoms with Crippen LogP contribution in [0.2, 0.25) is 13.1 Å². The maximum atomic E-state index is 11.7. The van der Waals surface area contributed by atoms with E-state index in [0.717, 1.165) is 56.2 Å². The Morgan fingerprint density at radius 3 is 2.56 bits per heavy atom. The van der Waals surface area contributed by atoms with Gasteiger partial charge in [-0.3, -0.25) is 4.99 Å². The number of aryl methyl sites for hydroxylation is 1. The maximum absolute atomic E-state index is 11.7. The SMILES string of the molecule is CCCOCC/N=C1\C=CC2=C(c3ccc(C(=O)O)cc3C)c3ccc(N4CCOCC4)cc3[Si](C)(C)C2=C1. The van der Waals surface area contributed by atoms with Gasteiger partial charge in [-0.1, -0.05) is 38.2 Å². The van der Waals surface area contributed by atoms with Crippen LogP contribution in [0.25, 0.3) is 5.57 Å². The fourth-order valence-electron chi connectivity index (χ4n) is 5.79. The first-order chi connectivity index (χ1) is 18.8. The molecule has 1 saturated heterocycles. The van der Waals surface area contributed by atoms with E-state index in [1.807, 2.05) is 13.0 Å². The van der Waals surface area contributed by atoms with Crippen LogP contribution >= 0.6 is 0 Å². The summed E-state index contributed by atoms with van der Waals surface area (Å²) in [6, 6.07) is 12.4. The Balaban J connectivity index is 1.65. The van der Waals surface area contributed by atoms with E-state index in [9.17, 15) is 9.90 Å². The minimum Gasteiger partial charge on any atom is -0.478 e. The molecule has 0 saturated carbocycles. The summed E-state index contributed by atoms with van der Waals surface area (Å²) in [5, 5.41) is 12.3. The number of ether oxygens (including phenoxy) is 2. The molecule has 0 atom stereocenters. The summed E-state index contributed by atoms with van der Waals surface area (Å²) in [4.78, 5) is 18.9. The lowest BCUT2D eigenvalue weighted by Crippen LogP contribution is -2.50. The van der Waals surface area contributed by atoms with E-state index in [-0.39, 0.29) is 0 Å². The van der Waals surface area contributed by atoms with Gasteiger partial charge >= 0.3 is 5.97 Å². The minimum atomic E-state index is -2.10. The first kappa shape index (κ1) is 27.3. The highest BCUT2D eigenvalue weighted by Crippen LogP contribution is 2.42. The van der Waals surface area contributed by atoms with E-state index in [1.54, 1.807) is 12.1 Å². The average molecular weight is 543 g/mol. The summed E-state index contributed by atoms with van der Waals surface area (Å²) >= 11 is 0. The number of aromatic carboxylic acids is 1. The van der Waals surface area contributed by atoms with E-state index in [4.69, 9.17) is 14.5 Å². The number of hydrogen-bond donors (Lipinski definition) is 1. The van der Waals surface area contributed by atoms with Gasteiger partial charge in [-0.2, -0.15) is 0 Å². The Bertz CT molecular complexity index is 1400. The summed E-state index contributed by atoms with van der Waals surface area (Å²) < 4.78 is 11.2. The lowest BCUT2D eigenvalue weighted by Gasteiger charge is -2.39. The molecule has 6 nitrogen and oxygen atoms in total. The highest BCUT2D eigenvalue weighted by Gasteiger charge is 2.40. The molecule has 0 amide bonds. The third kappa shape index (κ3) is 5.44. The molecule has 2 aromatic rings. The Hall–Kier alpha value is -3.26. The Morgan fingerprint density at radius 1 is 1.08 bits per heavy atom. The quantitative estimate of drug-likeness (QED) is 0.368. The van der Waals surface area contributed by atoms with Gasteiger partial charge in [0, 0.05) is 25.4 Å². The van der Waals surface area contributed by atoms with Crippen LogP contribution < -0.4 is 10.1 Å². The van der Waals surface area contributed by atoms with Crippen molar-refractivity contribution in [2.75, 3.05) is 51.0 Å². The lowest BCUT2D eigenvalue weighted by atomic mass is 9.87. The van der Waals surface area contributed by atoms with Crippen LogP contribution in [0.4, 0.5) is 5.69 Å². The van der Waals surface area contributed by atoms with Crippen molar-refractivity contribution in [2.24, 2.45) is 4.99 Å². The van der Waals surface area contributed by atoms with Gasteiger partial charge in [0.05, 0.1) is 37.6 Å². The normalized spacial score (nSPS) is 19.1. The summed E-state index contributed by atoms with van der Waals surface area (Å²) in [5.74, 6) is -0.906. The third-order valence-corrected chi connectivity index (χ3v) is 11.4. The van der Waals surface area contributed by atoms with Crippen molar-refractivity contribution in [3.05, 3.63) is 87.6 Å². The zero-order chi connectivity index (χ0) is 27.6. The van der Waals surface area contributed by atoms with Crippen molar-refractivity contribution in [3.8, 4) is 0 Å². The van der Waals surface area contributed by atoms with Crippen LogP contribution in [0.1, 0.15) is 40.4 Å². The number of carboxylic acid groups (broad SMARTS) is 1. The third-order valence-electron chi connectivity index (χ3n) is 7.89. The number of benzene rings is 2. The highest BCUT2D eigenvalue weighted by atomic mass is 28.3. The van der Waals surface area contributed by atoms with Gasteiger partial charge in [0.15, 0.2) is 0 Å². The fourth-order valence-corrected chi connectivity index (χ4v) is 8.87. The molecule has 0 spiro atoms. The molecule has 1 fully saturated rings. The van der Waals surface area contributed by atoms with Gasteiger partial charge in [-0.05, 0) is 88.0 Å². The van der Waals surface area contributed by atoms with Crippen molar-refractivity contribution in [1.82, 2.24) is 0 Å². The topological polar surface area (TPSA) is 71.4 Å². The maximum Gasteiger partial charge on any atom is 0.335 e. The van der Waals surface area contributed by atoms with Crippen molar-refractivity contribution in [3.63, 3.8) is 0 Å². The second-order valence-corrected chi connectivity index (χ2v) is 15.2. The zero-order valence-electron chi connectivity index (χ0n) is 23.4. The molecule has 2 aliphatic heterocycles. The number of carbonyl (C=O) groups is 1. The predicted molar refractivity (Wildman–Crippen MR) is 161 cm³/mol. The first-order valence-electron chi connectivity index (χ1n) is 13.9. The smallest absolute Gasteiger partial charge is 0.335 e. The molecular formula is C32H38N2O4Si. The van der Waals surface area contributed by atoms with Crippen LogP contribution in [-0.4, -0.2) is 70.9 Å². The van der Waals surface area contributed by atoms with Crippen LogP contribution in [0, 0.1) is 6.92 Å². The number of anilines is 1. The molecule has 0 aromatic heterocycles. The van der Waals surface area contributed by atoms with E-state index >= 15 is 0 Å². The highest BCUT2D eigenvalue weighted by molar-refractivity contribution is 6.98. The van der Waals surface area contributed by atoms with E-state index in [1.165, 1.54) is 32.8 Å². The summed E-state index contributed by atoms with van der Waals surface area (Å²) in [5.41, 5.74) is 8.22. The zero-order valence-corrected chi connectivity index (χ0v) is 24.4. The summed E-state index contributed by atoms with van der Waals surface area (Å²) in [7, 11) is -2.10. The van der Waals surface area contributed by atoms with Gasteiger partial charge in [0.25, 0.3) is 0 Å². The van der Waals surface area contributed by atoms with Gasteiger partial charge < -0.3 is 19.5 Å². The van der Waals surface area contributed by atoms with Crippen molar-refractivity contribution < 1.29 is 19.4 Å². The molecule has 204 valence electrons. The monoisotopic (exact) mass is 542 g/mol. The van der Waals surface area contributed by atoms with Crippen molar-refractivity contribution in [1.29, 1.82) is 0 Å². The van der Waals surface area contributed by atoms with Crippen molar-refractivity contribution in [2.45, 2.75) is 33.4 Å². The van der Waals surface area contributed by atoms with E-state index in [0.29, 0.717) is 18.7 Å². The van der Waals surface area contributed by atoms with Crippen molar-refractivity contribution >= 4 is 36.2 Å². The molecule has 0 radical (unpaired) electrons. The second-order valence-electron chi connectivity index (χ2n) is 10.9. The largest absolute Gasteiger partial charge is 0.478 e. The van der Waals surface area contributed by atoms with Crippen LogP contribution in [0.5, 0.6) is 0 Å². The molecule has 3 aliphatic rings.